The normalized spacial score (nSPS) is 16.8. The summed E-state index contributed by atoms with van der Waals surface area (Å²) in [6.07, 6.45) is 0.0343. The summed E-state index contributed by atoms with van der Waals surface area (Å²) < 4.78 is 55.0. The van der Waals surface area contributed by atoms with Crippen molar-refractivity contribution in [1.29, 1.82) is 0 Å². The molecule has 1 aliphatic rings. The van der Waals surface area contributed by atoms with Gasteiger partial charge in [0.05, 0.1) is 34.4 Å². The third kappa shape index (κ3) is 5.62. The number of imidazole rings is 1. The molecular formula is C28H35BF2N2O5. The van der Waals surface area contributed by atoms with Crippen LogP contribution in [-0.4, -0.2) is 53.2 Å². The van der Waals surface area contributed by atoms with Crippen LogP contribution >= 0.6 is 0 Å². The summed E-state index contributed by atoms with van der Waals surface area (Å²) in [6, 6.07) is 7.37. The van der Waals surface area contributed by atoms with Gasteiger partial charge in [-0.1, -0.05) is 0 Å². The van der Waals surface area contributed by atoms with Crippen molar-refractivity contribution in [2.45, 2.75) is 78.2 Å². The lowest BCUT2D eigenvalue weighted by atomic mass is 9.78. The molecule has 1 aliphatic heterocycles. The molecule has 0 atom stereocenters. The van der Waals surface area contributed by atoms with Crippen LogP contribution in [0.5, 0.6) is 0 Å². The fraction of sp³-hybridized carbons (Fsp3) is 0.500. The van der Waals surface area contributed by atoms with Crippen LogP contribution in [0, 0.1) is 11.6 Å². The summed E-state index contributed by atoms with van der Waals surface area (Å²) in [6.45, 7) is 13.6. The minimum absolute atomic E-state index is 0.0137. The number of fused-ring (bicyclic) bond motifs is 1. The Morgan fingerprint density at radius 2 is 1.71 bits per heavy atom. The molecule has 0 saturated carbocycles. The summed E-state index contributed by atoms with van der Waals surface area (Å²) in [5, 5.41) is 0. The smallest absolute Gasteiger partial charge is 0.456 e. The molecule has 1 aromatic heterocycles. The van der Waals surface area contributed by atoms with Crippen LogP contribution in [0.1, 0.15) is 70.2 Å². The van der Waals surface area contributed by atoms with Gasteiger partial charge in [-0.15, -0.1) is 0 Å². The summed E-state index contributed by atoms with van der Waals surface area (Å²) in [5.74, 6) is -1.14. The van der Waals surface area contributed by atoms with Gasteiger partial charge in [-0.2, -0.15) is 0 Å². The summed E-state index contributed by atoms with van der Waals surface area (Å²) in [4.78, 5) is 17.3. The van der Waals surface area contributed by atoms with Crippen LogP contribution < -0.4 is 5.46 Å². The Bertz CT molecular complexity index is 1350. The molecule has 1 fully saturated rings. The molecule has 7 nitrogen and oxygen atoms in total. The molecule has 3 aromatic rings. The Labute approximate surface area is 222 Å². The van der Waals surface area contributed by atoms with Gasteiger partial charge in [0.15, 0.2) is 0 Å². The number of hydrogen-bond acceptors (Lipinski definition) is 6. The molecule has 4 rings (SSSR count). The average Bonchev–Trinajstić information content (AvgIpc) is 3.24. The Hall–Kier alpha value is -2.82. The Balaban J connectivity index is 1.68. The second kappa shape index (κ2) is 10.1. The van der Waals surface area contributed by atoms with E-state index >= 15 is 8.78 Å². The zero-order chi connectivity index (χ0) is 28.0. The minimum Gasteiger partial charge on any atom is -0.456 e. The zero-order valence-corrected chi connectivity index (χ0v) is 23.3. The Morgan fingerprint density at radius 1 is 1.05 bits per heavy atom. The van der Waals surface area contributed by atoms with E-state index in [2.05, 4.69) is 4.98 Å². The zero-order valence-electron chi connectivity index (χ0n) is 23.3. The standard InChI is InChI=1S/C28H35BF2N2O5/c1-26(2,3)36-25(34)17-9-10-22-23(14-17)33(11-12-35-8)24(32-22)15-18-13-21(31)19(16-20(18)30)29-37-27(4,5)28(6,7)38-29/h9-10,13-14,16H,11-12,15H2,1-8H3. The van der Waals surface area contributed by atoms with E-state index in [4.69, 9.17) is 18.8 Å². The molecule has 0 bridgehead atoms. The first kappa shape index (κ1) is 28.2. The maximum absolute atomic E-state index is 15.3. The van der Waals surface area contributed by atoms with Crippen molar-refractivity contribution in [3.05, 3.63) is 58.9 Å². The highest BCUT2D eigenvalue weighted by Gasteiger charge is 2.52. The van der Waals surface area contributed by atoms with Gasteiger partial charge in [-0.3, -0.25) is 0 Å². The van der Waals surface area contributed by atoms with Gasteiger partial charge < -0.3 is 23.3 Å². The van der Waals surface area contributed by atoms with E-state index < -0.39 is 41.5 Å². The summed E-state index contributed by atoms with van der Waals surface area (Å²) in [7, 11) is 0.565. The topological polar surface area (TPSA) is 71.8 Å². The molecule has 0 aliphatic carbocycles. The highest BCUT2D eigenvalue weighted by Crippen LogP contribution is 2.37. The SMILES string of the molecule is COCCn1c(Cc2cc(F)c(B3OC(C)(C)C(C)(C)O3)cc2F)nc2ccc(C(=O)OC(C)(C)C)cc21. The number of carbonyl (C=O) groups excluding carboxylic acids is 1. The minimum atomic E-state index is -1.01. The molecule has 0 spiro atoms. The molecule has 2 heterocycles. The lowest BCUT2D eigenvalue weighted by Crippen LogP contribution is -2.41. The maximum atomic E-state index is 15.3. The highest BCUT2D eigenvalue weighted by molar-refractivity contribution is 6.62. The van der Waals surface area contributed by atoms with Crippen molar-refractivity contribution in [3.8, 4) is 0 Å². The number of nitrogens with zero attached hydrogens (tertiary/aromatic N) is 2. The first-order chi connectivity index (χ1) is 17.6. The van der Waals surface area contributed by atoms with E-state index in [0.29, 0.717) is 35.6 Å². The van der Waals surface area contributed by atoms with E-state index in [1.165, 1.54) is 6.07 Å². The van der Waals surface area contributed by atoms with E-state index in [1.807, 2.05) is 32.3 Å². The van der Waals surface area contributed by atoms with Gasteiger partial charge in [-0.25, -0.2) is 18.6 Å². The van der Waals surface area contributed by atoms with Crippen molar-refractivity contribution < 1.29 is 32.4 Å². The summed E-state index contributed by atoms with van der Waals surface area (Å²) in [5.41, 5.74) is -0.159. The van der Waals surface area contributed by atoms with E-state index in [0.717, 1.165) is 6.07 Å². The van der Waals surface area contributed by atoms with Crippen LogP contribution in [0.3, 0.4) is 0 Å². The van der Waals surface area contributed by atoms with Gasteiger partial charge in [-0.05, 0) is 84.4 Å². The van der Waals surface area contributed by atoms with Gasteiger partial charge in [0.2, 0.25) is 0 Å². The molecule has 0 unspecified atom stereocenters. The van der Waals surface area contributed by atoms with Crippen molar-refractivity contribution in [2.75, 3.05) is 13.7 Å². The van der Waals surface area contributed by atoms with Gasteiger partial charge >= 0.3 is 13.1 Å². The van der Waals surface area contributed by atoms with E-state index in [9.17, 15) is 4.79 Å². The largest absolute Gasteiger partial charge is 0.497 e. The number of aromatic nitrogens is 2. The van der Waals surface area contributed by atoms with E-state index in [-0.39, 0.29) is 17.4 Å². The van der Waals surface area contributed by atoms with Gasteiger partial charge in [0.25, 0.3) is 0 Å². The number of benzene rings is 2. The molecule has 1 saturated heterocycles. The lowest BCUT2D eigenvalue weighted by Gasteiger charge is -2.32. The molecular weight excluding hydrogens is 493 g/mol. The third-order valence-electron chi connectivity index (χ3n) is 7.00. The second-order valence-electron chi connectivity index (χ2n) is 11.6. The number of hydrogen-bond donors (Lipinski definition) is 0. The first-order valence-corrected chi connectivity index (χ1v) is 12.7. The molecule has 38 heavy (non-hydrogen) atoms. The molecule has 2 aromatic carbocycles. The number of ether oxygens (including phenoxy) is 2. The van der Waals surface area contributed by atoms with Crippen molar-refractivity contribution in [2.24, 2.45) is 0 Å². The lowest BCUT2D eigenvalue weighted by molar-refractivity contribution is 0.00578. The second-order valence-corrected chi connectivity index (χ2v) is 11.6. The third-order valence-corrected chi connectivity index (χ3v) is 7.00. The highest BCUT2D eigenvalue weighted by atomic mass is 19.1. The molecule has 0 radical (unpaired) electrons. The molecule has 0 amide bonds. The van der Waals surface area contributed by atoms with Crippen LogP contribution in [-0.2, 0) is 31.7 Å². The predicted octanol–water partition coefficient (Wildman–Crippen LogP) is 4.81. The first-order valence-electron chi connectivity index (χ1n) is 12.7. The van der Waals surface area contributed by atoms with Crippen molar-refractivity contribution in [1.82, 2.24) is 9.55 Å². The van der Waals surface area contributed by atoms with Crippen LogP contribution in [0.15, 0.2) is 30.3 Å². The van der Waals surface area contributed by atoms with Gasteiger partial charge in [0, 0.05) is 25.5 Å². The Kier molecular flexibility index (Phi) is 7.46. The van der Waals surface area contributed by atoms with Crippen LogP contribution in [0.4, 0.5) is 8.78 Å². The van der Waals surface area contributed by atoms with E-state index in [1.54, 1.807) is 46.1 Å². The number of halogens is 2. The van der Waals surface area contributed by atoms with Crippen LogP contribution in [0.2, 0.25) is 0 Å². The van der Waals surface area contributed by atoms with Crippen molar-refractivity contribution >= 4 is 29.6 Å². The number of methoxy groups -OCH3 is 1. The average molecular weight is 528 g/mol. The fourth-order valence-electron chi connectivity index (χ4n) is 4.26. The Morgan fingerprint density at radius 3 is 2.32 bits per heavy atom. The number of carbonyl (C=O) groups is 1. The van der Waals surface area contributed by atoms with Gasteiger partial charge in [0.1, 0.15) is 23.1 Å². The molecule has 10 heteroatoms. The molecule has 0 N–H and O–H groups in total. The number of rotatable bonds is 7. The fourth-order valence-corrected chi connectivity index (χ4v) is 4.26. The van der Waals surface area contributed by atoms with Crippen molar-refractivity contribution in [3.63, 3.8) is 0 Å². The van der Waals surface area contributed by atoms with Crippen LogP contribution in [0.25, 0.3) is 11.0 Å². The molecule has 204 valence electrons. The monoisotopic (exact) mass is 528 g/mol. The number of esters is 1. The predicted molar refractivity (Wildman–Crippen MR) is 142 cm³/mol. The maximum Gasteiger partial charge on any atom is 0.497 e. The quantitative estimate of drug-likeness (QED) is 0.324. The summed E-state index contributed by atoms with van der Waals surface area (Å²) >= 11 is 0.